The van der Waals surface area contributed by atoms with Crippen LogP contribution in [-0.4, -0.2) is 27.4 Å². The second-order valence-corrected chi connectivity index (χ2v) is 7.11. The molecule has 0 saturated carbocycles. The number of halogens is 1. The lowest BCUT2D eigenvalue weighted by Gasteiger charge is -2.06. The van der Waals surface area contributed by atoms with Gasteiger partial charge in [0.05, 0.1) is 11.1 Å². The first-order valence-corrected chi connectivity index (χ1v) is 10.5. The molecule has 31 heavy (non-hydrogen) atoms. The fourth-order valence-electron chi connectivity index (χ4n) is 3.15. The van der Waals surface area contributed by atoms with Gasteiger partial charge in [-0.1, -0.05) is 43.7 Å². The van der Waals surface area contributed by atoms with Crippen molar-refractivity contribution in [1.29, 1.82) is 0 Å². The van der Waals surface area contributed by atoms with Crippen molar-refractivity contribution in [3.05, 3.63) is 83.9 Å². The first kappa shape index (κ1) is 22.2. The van der Waals surface area contributed by atoms with E-state index >= 15 is 0 Å². The third-order valence-electron chi connectivity index (χ3n) is 4.74. The number of hydrogen-bond donors (Lipinski definition) is 2. The lowest BCUT2D eigenvalue weighted by atomic mass is 10.1. The summed E-state index contributed by atoms with van der Waals surface area (Å²) in [7, 11) is 0. The molecule has 3 aromatic rings. The molecule has 0 radical (unpaired) electrons. The molecule has 0 aliphatic rings. The van der Waals surface area contributed by atoms with Gasteiger partial charge in [0.1, 0.15) is 11.6 Å². The zero-order valence-corrected chi connectivity index (χ0v) is 17.9. The summed E-state index contributed by atoms with van der Waals surface area (Å²) in [4.78, 5) is 24.6. The molecule has 0 aliphatic heterocycles. The number of H-pyrrole nitrogens is 1. The number of unbranched alkanes of at least 4 members (excludes halogenated alkanes) is 1. The summed E-state index contributed by atoms with van der Waals surface area (Å²) < 4.78 is 13.2. The van der Waals surface area contributed by atoms with Crippen molar-refractivity contribution in [2.45, 2.75) is 33.1 Å². The van der Waals surface area contributed by atoms with Crippen molar-refractivity contribution in [3.8, 4) is 11.4 Å². The fraction of sp³-hybridized carbons (Fsp3) is 0.240. The Morgan fingerprint density at radius 1 is 1.23 bits per heavy atom. The van der Waals surface area contributed by atoms with E-state index in [4.69, 9.17) is 0 Å². The summed E-state index contributed by atoms with van der Waals surface area (Å²) in [5.41, 5.74) is 3.36. The topological polar surface area (TPSA) is 70.7 Å². The summed E-state index contributed by atoms with van der Waals surface area (Å²) in [6.07, 6.45) is 14.8. The zero-order chi connectivity index (χ0) is 22.1. The minimum atomic E-state index is -0.315. The van der Waals surface area contributed by atoms with Crippen LogP contribution >= 0.6 is 0 Å². The van der Waals surface area contributed by atoms with E-state index in [0.29, 0.717) is 29.1 Å². The number of carbonyl (C=O) groups is 1. The van der Waals surface area contributed by atoms with Gasteiger partial charge < -0.3 is 10.3 Å². The van der Waals surface area contributed by atoms with Gasteiger partial charge in [-0.3, -0.25) is 4.79 Å². The Kier molecular flexibility index (Phi) is 7.87. The summed E-state index contributed by atoms with van der Waals surface area (Å²) in [6.45, 7) is 4.64. The largest absolute Gasteiger partial charge is 0.352 e. The summed E-state index contributed by atoms with van der Waals surface area (Å²) >= 11 is 0. The van der Waals surface area contributed by atoms with Gasteiger partial charge in [-0.15, -0.1) is 0 Å². The predicted octanol–water partition coefficient (Wildman–Crippen LogP) is 5.74. The van der Waals surface area contributed by atoms with Crippen molar-refractivity contribution < 1.29 is 9.18 Å². The molecule has 1 aromatic carbocycles. The number of aromatic amines is 1. The van der Waals surface area contributed by atoms with Crippen molar-refractivity contribution in [1.82, 2.24) is 20.3 Å². The van der Waals surface area contributed by atoms with Gasteiger partial charge in [-0.2, -0.15) is 0 Å². The van der Waals surface area contributed by atoms with E-state index < -0.39 is 0 Å². The lowest BCUT2D eigenvalue weighted by molar-refractivity contribution is 0.0955. The van der Waals surface area contributed by atoms with Crippen LogP contribution in [0, 0.1) is 5.82 Å². The highest BCUT2D eigenvalue weighted by atomic mass is 19.1. The van der Waals surface area contributed by atoms with Crippen molar-refractivity contribution in [2.75, 3.05) is 6.54 Å². The molecule has 2 N–H and O–H groups in total. The summed E-state index contributed by atoms with van der Waals surface area (Å²) in [5.74, 6) is 0.0354. The second-order valence-electron chi connectivity index (χ2n) is 7.11. The Morgan fingerprint density at radius 2 is 2.03 bits per heavy atom. The van der Waals surface area contributed by atoms with Crippen molar-refractivity contribution in [3.63, 3.8) is 0 Å². The lowest BCUT2D eigenvalue weighted by Crippen LogP contribution is -2.25. The predicted molar refractivity (Wildman–Crippen MR) is 123 cm³/mol. The first-order valence-electron chi connectivity index (χ1n) is 10.5. The van der Waals surface area contributed by atoms with E-state index in [9.17, 15) is 9.18 Å². The Balaban J connectivity index is 1.71. The maximum absolute atomic E-state index is 13.2. The van der Waals surface area contributed by atoms with E-state index in [0.717, 1.165) is 30.4 Å². The smallest absolute Gasteiger partial charge is 0.253 e. The number of benzene rings is 1. The van der Waals surface area contributed by atoms with Crippen LogP contribution in [0.3, 0.4) is 0 Å². The molecule has 0 saturated heterocycles. The van der Waals surface area contributed by atoms with E-state index in [2.05, 4.69) is 51.5 Å². The molecule has 3 rings (SSSR count). The summed E-state index contributed by atoms with van der Waals surface area (Å²) in [5, 5.41) is 2.98. The van der Waals surface area contributed by atoms with Gasteiger partial charge in [0.2, 0.25) is 0 Å². The number of carbonyl (C=O) groups excluding carboxylic acids is 1. The third-order valence-corrected chi connectivity index (χ3v) is 4.74. The highest BCUT2D eigenvalue weighted by Crippen LogP contribution is 2.22. The molecule has 2 heterocycles. The zero-order valence-electron chi connectivity index (χ0n) is 17.9. The molecule has 1 amide bonds. The number of rotatable bonds is 9. The number of hydrogen-bond acceptors (Lipinski definition) is 3. The molecule has 6 heteroatoms. The van der Waals surface area contributed by atoms with Crippen LogP contribution in [0.2, 0.25) is 0 Å². The van der Waals surface area contributed by atoms with Crippen LogP contribution in [0.4, 0.5) is 4.39 Å². The van der Waals surface area contributed by atoms with Crippen LogP contribution < -0.4 is 5.32 Å². The van der Waals surface area contributed by atoms with E-state index in [1.807, 2.05) is 13.0 Å². The highest BCUT2D eigenvalue weighted by Gasteiger charge is 2.15. The van der Waals surface area contributed by atoms with Gasteiger partial charge >= 0.3 is 0 Å². The van der Waals surface area contributed by atoms with Crippen LogP contribution in [-0.2, 0) is 0 Å². The average molecular weight is 419 g/mol. The van der Waals surface area contributed by atoms with E-state index in [1.54, 1.807) is 24.4 Å². The SMILES string of the molecule is C\C=C/C(=C\C=C/CCC)CCNC(=O)c1ccnc2nc(-c3ccc(F)cc3)[nH]c12. The number of amides is 1. The molecular weight excluding hydrogens is 391 g/mol. The second kappa shape index (κ2) is 11.0. The monoisotopic (exact) mass is 418 g/mol. The van der Waals surface area contributed by atoms with Gasteiger partial charge in [-0.25, -0.2) is 14.4 Å². The van der Waals surface area contributed by atoms with Crippen LogP contribution in [0.1, 0.15) is 43.5 Å². The Morgan fingerprint density at radius 3 is 2.77 bits per heavy atom. The molecule has 0 atom stereocenters. The number of allylic oxidation sites excluding steroid dienone is 5. The number of aromatic nitrogens is 3. The molecule has 0 spiro atoms. The molecule has 160 valence electrons. The van der Waals surface area contributed by atoms with Gasteiger partial charge in [-0.05, 0) is 55.7 Å². The van der Waals surface area contributed by atoms with E-state index in [1.165, 1.54) is 12.1 Å². The molecule has 0 aliphatic carbocycles. The quantitative estimate of drug-likeness (QED) is 0.435. The van der Waals surface area contributed by atoms with Gasteiger partial charge in [0.25, 0.3) is 5.91 Å². The Bertz CT molecular complexity index is 1110. The number of nitrogens with one attached hydrogen (secondary N) is 2. The fourth-order valence-corrected chi connectivity index (χ4v) is 3.15. The van der Waals surface area contributed by atoms with Crippen molar-refractivity contribution >= 4 is 17.1 Å². The van der Waals surface area contributed by atoms with E-state index in [-0.39, 0.29) is 11.7 Å². The maximum atomic E-state index is 13.2. The molecule has 0 fully saturated rings. The minimum Gasteiger partial charge on any atom is -0.352 e. The number of fused-ring (bicyclic) bond motifs is 1. The molecule has 0 unspecified atom stereocenters. The van der Waals surface area contributed by atoms with Crippen molar-refractivity contribution in [2.24, 2.45) is 0 Å². The standard InChI is InChI=1S/C25H27FN4O/c1-3-5-6-7-9-18(8-4-2)14-16-28-25(31)21-15-17-27-24-22(21)29-23(30-24)19-10-12-20(26)13-11-19/h4,6-13,15,17H,3,5,14,16H2,1-2H3,(H,28,31)(H,27,29,30)/b7-6-,8-4-,18-9+. The minimum absolute atomic E-state index is 0.192. The maximum Gasteiger partial charge on any atom is 0.253 e. The Hall–Kier alpha value is -3.54. The normalized spacial score (nSPS) is 12.3. The number of pyridine rings is 1. The average Bonchev–Trinajstić information content (AvgIpc) is 3.21. The molecule has 2 aromatic heterocycles. The number of nitrogens with zero attached hydrogens (tertiary/aromatic N) is 2. The molecule has 5 nitrogen and oxygen atoms in total. The highest BCUT2D eigenvalue weighted by molar-refractivity contribution is 6.04. The summed E-state index contributed by atoms with van der Waals surface area (Å²) in [6, 6.07) is 7.68. The van der Waals surface area contributed by atoms with Gasteiger partial charge in [0.15, 0.2) is 5.65 Å². The molecule has 0 bridgehead atoms. The Labute approximate surface area is 181 Å². The third kappa shape index (κ3) is 5.98. The van der Waals surface area contributed by atoms with Crippen LogP contribution in [0.25, 0.3) is 22.6 Å². The van der Waals surface area contributed by atoms with Gasteiger partial charge in [0, 0.05) is 18.3 Å². The first-order chi connectivity index (χ1) is 15.1. The van der Waals surface area contributed by atoms with Crippen LogP contribution in [0.15, 0.2) is 72.5 Å². The molecular formula is C25H27FN4O. The number of imidazole rings is 1. The van der Waals surface area contributed by atoms with Crippen LogP contribution in [0.5, 0.6) is 0 Å².